The lowest BCUT2D eigenvalue weighted by Crippen LogP contribution is -2.06. The number of allylic oxidation sites excluding steroid dienone is 1. The Balaban J connectivity index is 2.81. The highest BCUT2D eigenvalue weighted by molar-refractivity contribution is 5.32. The summed E-state index contributed by atoms with van der Waals surface area (Å²) in [6.07, 6.45) is 5.80. The Kier molecular flexibility index (Phi) is 4.69. The second-order valence-electron chi connectivity index (χ2n) is 3.68. The van der Waals surface area contributed by atoms with Crippen LogP contribution in [-0.4, -0.2) is 0 Å². The van der Waals surface area contributed by atoms with Crippen molar-refractivity contribution in [1.29, 1.82) is 0 Å². The maximum Gasteiger partial charge on any atom is 0.0397 e. The molecule has 1 N–H and O–H groups in total. The third-order valence-corrected chi connectivity index (χ3v) is 2.42. The summed E-state index contributed by atoms with van der Waals surface area (Å²) >= 11 is 0. The molecule has 0 aliphatic carbocycles. The fraction of sp³-hybridized carbons (Fsp3) is 0.286. The Bertz CT molecular complexity index is 339. The molecule has 0 amide bonds. The molecule has 15 heavy (non-hydrogen) atoms. The Hall–Kier alpha value is -1.50. The summed E-state index contributed by atoms with van der Waals surface area (Å²) in [6.45, 7) is 10.4. The fourth-order valence-corrected chi connectivity index (χ4v) is 1.60. The van der Waals surface area contributed by atoms with E-state index in [4.69, 9.17) is 0 Å². The van der Waals surface area contributed by atoms with Crippen molar-refractivity contribution in [2.45, 2.75) is 26.3 Å². The summed E-state index contributed by atoms with van der Waals surface area (Å²) in [5.41, 5.74) is 4.07. The normalized spacial score (nSPS) is 9.67. The Morgan fingerprint density at radius 3 is 2.73 bits per heavy atom. The van der Waals surface area contributed by atoms with E-state index < -0.39 is 0 Å². The summed E-state index contributed by atoms with van der Waals surface area (Å²) in [6, 6.07) is 6.59. The average Bonchev–Trinajstić information content (AvgIpc) is 2.25. The van der Waals surface area contributed by atoms with Crippen LogP contribution in [0.15, 0.2) is 43.6 Å². The lowest BCUT2D eigenvalue weighted by molar-refractivity contribution is 0.844. The van der Waals surface area contributed by atoms with E-state index in [1.54, 1.807) is 6.20 Å². The standard InChI is InChI=1S/C14H19N/c1-4-6-7-13-10-12(3)8-9-14(13)11-15-5-2/h4-5,8-10,15H,1-2,6-7,11H2,3H3. The van der Waals surface area contributed by atoms with Crippen LogP contribution in [0.2, 0.25) is 0 Å². The van der Waals surface area contributed by atoms with Gasteiger partial charge in [0, 0.05) is 6.54 Å². The molecule has 0 aliphatic heterocycles. The molecule has 1 heteroatoms. The summed E-state index contributed by atoms with van der Waals surface area (Å²) in [4.78, 5) is 0. The zero-order valence-electron chi connectivity index (χ0n) is 9.42. The third-order valence-electron chi connectivity index (χ3n) is 2.42. The maximum atomic E-state index is 3.76. The van der Waals surface area contributed by atoms with Crippen molar-refractivity contribution in [3.8, 4) is 0 Å². The van der Waals surface area contributed by atoms with Gasteiger partial charge in [-0.05, 0) is 37.1 Å². The van der Waals surface area contributed by atoms with Crippen molar-refractivity contribution in [1.82, 2.24) is 5.32 Å². The molecular formula is C14H19N. The van der Waals surface area contributed by atoms with Gasteiger partial charge in [0.15, 0.2) is 0 Å². The largest absolute Gasteiger partial charge is 0.387 e. The number of benzene rings is 1. The lowest BCUT2D eigenvalue weighted by atomic mass is 10.0. The second-order valence-corrected chi connectivity index (χ2v) is 3.68. The number of aryl methyl sites for hydroxylation is 2. The fourth-order valence-electron chi connectivity index (χ4n) is 1.60. The van der Waals surface area contributed by atoms with Crippen molar-refractivity contribution in [2.75, 3.05) is 0 Å². The van der Waals surface area contributed by atoms with Crippen molar-refractivity contribution in [2.24, 2.45) is 0 Å². The van der Waals surface area contributed by atoms with E-state index in [1.165, 1.54) is 16.7 Å². The highest BCUT2D eigenvalue weighted by Gasteiger charge is 2.01. The van der Waals surface area contributed by atoms with Gasteiger partial charge in [-0.1, -0.05) is 36.4 Å². The smallest absolute Gasteiger partial charge is 0.0397 e. The SMILES string of the molecule is C=CCCc1cc(C)ccc1CNC=C. The van der Waals surface area contributed by atoms with Crippen LogP contribution in [0.1, 0.15) is 23.1 Å². The van der Waals surface area contributed by atoms with Crippen molar-refractivity contribution < 1.29 is 0 Å². The first-order valence-corrected chi connectivity index (χ1v) is 5.31. The quantitative estimate of drug-likeness (QED) is 0.696. The van der Waals surface area contributed by atoms with Crippen molar-refractivity contribution >= 4 is 0 Å². The van der Waals surface area contributed by atoms with Gasteiger partial charge in [0.05, 0.1) is 0 Å². The van der Waals surface area contributed by atoms with E-state index in [9.17, 15) is 0 Å². The first-order chi connectivity index (χ1) is 7.27. The van der Waals surface area contributed by atoms with Gasteiger partial charge in [-0.2, -0.15) is 0 Å². The molecule has 0 heterocycles. The second kappa shape index (κ2) is 6.07. The number of rotatable bonds is 6. The zero-order valence-corrected chi connectivity index (χ0v) is 9.42. The molecule has 1 aromatic rings. The Labute approximate surface area is 92.5 Å². The van der Waals surface area contributed by atoms with Crippen LogP contribution in [-0.2, 0) is 13.0 Å². The monoisotopic (exact) mass is 201 g/mol. The molecule has 0 bridgehead atoms. The predicted octanol–water partition coefficient (Wildman–Crippen LogP) is 3.35. The van der Waals surface area contributed by atoms with Gasteiger partial charge in [-0.15, -0.1) is 6.58 Å². The van der Waals surface area contributed by atoms with Crippen LogP contribution in [0.3, 0.4) is 0 Å². The molecule has 1 nitrogen and oxygen atoms in total. The average molecular weight is 201 g/mol. The molecule has 0 unspecified atom stereocenters. The maximum absolute atomic E-state index is 3.76. The summed E-state index contributed by atoms with van der Waals surface area (Å²) in [7, 11) is 0. The van der Waals surface area contributed by atoms with Crippen LogP contribution in [0.25, 0.3) is 0 Å². The minimum absolute atomic E-state index is 0.857. The molecule has 1 rings (SSSR count). The van der Waals surface area contributed by atoms with Gasteiger partial charge in [-0.25, -0.2) is 0 Å². The number of nitrogens with one attached hydrogen (secondary N) is 1. The number of hydrogen-bond donors (Lipinski definition) is 1. The zero-order chi connectivity index (χ0) is 11.1. The van der Waals surface area contributed by atoms with Crippen LogP contribution in [0.4, 0.5) is 0 Å². The minimum atomic E-state index is 0.857. The van der Waals surface area contributed by atoms with Gasteiger partial charge in [0.1, 0.15) is 0 Å². The first kappa shape index (κ1) is 11.6. The molecule has 0 atom stereocenters. The Morgan fingerprint density at radius 1 is 1.27 bits per heavy atom. The van der Waals surface area contributed by atoms with Gasteiger partial charge < -0.3 is 5.32 Å². The molecular weight excluding hydrogens is 182 g/mol. The minimum Gasteiger partial charge on any atom is -0.387 e. The van der Waals surface area contributed by atoms with Crippen molar-refractivity contribution in [3.05, 3.63) is 60.3 Å². The van der Waals surface area contributed by atoms with Gasteiger partial charge >= 0.3 is 0 Å². The predicted molar refractivity (Wildman–Crippen MR) is 66.7 cm³/mol. The van der Waals surface area contributed by atoms with Gasteiger partial charge in [-0.3, -0.25) is 0 Å². The summed E-state index contributed by atoms with van der Waals surface area (Å²) < 4.78 is 0. The molecule has 80 valence electrons. The van der Waals surface area contributed by atoms with E-state index in [-0.39, 0.29) is 0 Å². The van der Waals surface area contributed by atoms with Gasteiger partial charge in [0.25, 0.3) is 0 Å². The molecule has 0 aromatic heterocycles. The van der Waals surface area contributed by atoms with Crippen LogP contribution in [0.5, 0.6) is 0 Å². The highest BCUT2D eigenvalue weighted by atomic mass is 14.8. The molecule has 0 radical (unpaired) electrons. The van der Waals surface area contributed by atoms with Gasteiger partial charge in [0.2, 0.25) is 0 Å². The lowest BCUT2D eigenvalue weighted by Gasteiger charge is -2.09. The molecule has 0 aliphatic rings. The molecule has 0 spiro atoms. The van der Waals surface area contributed by atoms with Crippen LogP contribution < -0.4 is 5.32 Å². The highest BCUT2D eigenvalue weighted by Crippen LogP contribution is 2.14. The number of hydrogen-bond acceptors (Lipinski definition) is 1. The first-order valence-electron chi connectivity index (χ1n) is 5.31. The van der Waals surface area contributed by atoms with E-state index >= 15 is 0 Å². The van der Waals surface area contributed by atoms with Crippen LogP contribution >= 0.6 is 0 Å². The van der Waals surface area contributed by atoms with E-state index in [1.807, 2.05) is 6.08 Å². The van der Waals surface area contributed by atoms with E-state index in [0.717, 1.165) is 19.4 Å². The van der Waals surface area contributed by atoms with E-state index in [2.05, 4.69) is 43.6 Å². The summed E-state index contributed by atoms with van der Waals surface area (Å²) in [5, 5.41) is 3.14. The molecule has 1 aromatic carbocycles. The summed E-state index contributed by atoms with van der Waals surface area (Å²) in [5.74, 6) is 0. The van der Waals surface area contributed by atoms with Crippen LogP contribution in [0, 0.1) is 6.92 Å². The topological polar surface area (TPSA) is 12.0 Å². The van der Waals surface area contributed by atoms with Crippen molar-refractivity contribution in [3.63, 3.8) is 0 Å². The Morgan fingerprint density at radius 2 is 2.07 bits per heavy atom. The molecule has 0 fully saturated rings. The molecule has 0 saturated carbocycles. The molecule has 0 saturated heterocycles. The third kappa shape index (κ3) is 3.62. The van der Waals surface area contributed by atoms with E-state index in [0.29, 0.717) is 0 Å².